The van der Waals surface area contributed by atoms with Crippen LogP contribution in [0.3, 0.4) is 0 Å². The van der Waals surface area contributed by atoms with Crippen molar-refractivity contribution in [3.8, 4) is 11.5 Å². The van der Waals surface area contributed by atoms with E-state index in [9.17, 15) is 4.79 Å². The molecule has 0 spiro atoms. The van der Waals surface area contributed by atoms with Crippen LogP contribution in [-0.2, 0) is 6.42 Å². The maximum absolute atomic E-state index is 13.1. The number of rotatable bonds is 7. The van der Waals surface area contributed by atoms with Gasteiger partial charge in [0.2, 0.25) is 0 Å². The number of fused-ring (bicyclic) bond motifs is 1. The molecule has 6 nitrogen and oxygen atoms in total. The largest absolute Gasteiger partial charge is 0.497 e. The minimum Gasteiger partial charge on any atom is -0.497 e. The van der Waals surface area contributed by atoms with Crippen molar-refractivity contribution in [3.63, 3.8) is 0 Å². The zero-order chi connectivity index (χ0) is 20.9. The van der Waals surface area contributed by atoms with E-state index < -0.39 is 0 Å². The van der Waals surface area contributed by atoms with Gasteiger partial charge in [-0.15, -0.1) is 0 Å². The number of imidazole rings is 1. The molecule has 1 aromatic heterocycles. The molecule has 1 atom stereocenters. The number of hydrogen-bond acceptors (Lipinski definition) is 4. The average molecular weight is 401 g/mol. The number of methoxy groups -OCH3 is 2. The summed E-state index contributed by atoms with van der Waals surface area (Å²) in [5.74, 6) is 1.60. The number of aromatic nitrogens is 2. The third-order valence-electron chi connectivity index (χ3n) is 4.94. The molecule has 1 amide bonds. The number of H-pyrrole nitrogens is 1. The zero-order valence-electron chi connectivity index (χ0n) is 16.9. The summed E-state index contributed by atoms with van der Waals surface area (Å²) in [6.07, 6.45) is 0.605. The van der Waals surface area contributed by atoms with Crippen molar-refractivity contribution in [2.24, 2.45) is 0 Å². The van der Waals surface area contributed by atoms with E-state index in [2.05, 4.69) is 10.3 Å². The van der Waals surface area contributed by atoms with Crippen molar-refractivity contribution in [3.05, 3.63) is 89.7 Å². The normalized spacial score (nSPS) is 11.8. The number of nitrogens with zero attached hydrogens (tertiary/aromatic N) is 1. The van der Waals surface area contributed by atoms with Crippen LogP contribution in [0.5, 0.6) is 11.5 Å². The number of benzene rings is 3. The van der Waals surface area contributed by atoms with E-state index >= 15 is 0 Å². The van der Waals surface area contributed by atoms with Gasteiger partial charge in [0.1, 0.15) is 17.3 Å². The van der Waals surface area contributed by atoms with E-state index in [1.807, 2.05) is 54.6 Å². The molecule has 0 unspecified atom stereocenters. The number of hydrogen-bond donors (Lipinski definition) is 2. The molecule has 152 valence electrons. The molecule has 0 fully saturated rings. The fraction of sp³-hybridized carbons (Fsp3) is 0.167. The molecule has 4 rings (SSSR count). The van der Waals surface area contributed by atoms with E-state index in [-0.39, 0.29) is 11.9 Å². The predicted octanol–water partition coefficient (Wildman–Crippen LogP) is 4.29. The third-order valence-corrected chi connectivity index (χ3v) is 4.94. The number of nitrogens with one attached hydrogen (secondary N) is 2. The average Bonchev–Trinajstić information content (AvgIpc) is 3.23. The van der Waals surface area contributed by atoms with Crippen molar-refractivity contribution >= 4 is 16.9 Å². The molecular weight excluding hydrogens is 378 g/mol. The van der Waals surface area contributed by atoms with Crippen LogP contribution in [0.25, 0.3) is 11.0 Å². The predicted molar refractivity (Wildman–Crippen MR) is 116 cm³/mol. The molecular formula is C24H23N3O3. The second-order valence-corrected chi connectivity index (χ2v) is 6.96. The maximum atomic E-state index is 13.1. The van der Waals surface area contributed by atoms with Gasteiger partial charge in [0.25, 0.3) is 5.91 Å². The van der Waals surface area contributed by atoms with Gasteiger partial charge in [0.05, 0.1) is 31.3 Å². The van der Waals surface area contributed by atoms with E-state index in [0.29, 0.717) is 29.3 Å². The van der Waals surface area contributed by atoms with Crippen LogP contribution < -0.4 is 14.8 Å². The molecule has 0 aliphatic carbocycles. The first kappa shape index (κ1) is 19.5. The van der Waals surface area contributed by atoms with Gasteiger partial charge in [-0.05, 0) is 36.2 Å². The van der Waals surface area contributed by atoms with E-state index in [0.717, 1.165) is 16.6 Å². The van der Waals surface area contributed by atoms with E-state index in [4.69, 9.17) is 14.5 Å². The first-order chi connectivity index (χ1) is 14.7. The Balaban J connectivity index is 1.66. The van der Waals surface area contributed by atoms with Gasteiger partial charge in [-0.25, -0.2) is 4.98 Å². The molecule has 2 N–H and O–H groups in total. The Morgan fingerprint density at radius 2 is 1.63 bits per heavy atom. The molecule has 6 heteroatoms. The quantitative estimate of drug-likeness (QED) is 0.484. The van der Waals surface area contributed by atoms with Crippen LogP contribution >= 0.6 is 0 Å². The Morgan fingerprint density at radius 3 is 2.30 bits per heavy atom. The molecule has 3 aromatic carbocycles. The summed E-state index contributed by atoms with van der Waals surface area (Å²) >= 11 is 0. The van der Waals surface area contributed by atoms with Crippen LogP contribution in [0, 0.1) is 0 Å². The second-order valence-electron chi connectivity index (χ2n) is 6.96. The number of para-hydroxylation sites is 2. The fourth-order valence-corrected chi connectivity index (χ4v) is 3.38. The summed E-state index contributed by atoms with van der Waals surface area (Å²) in [4.78, 5) is 21.2. The lowest BCUT2D eigenvalue weighted by Crippen LogP contribution is -2.30. The summed E-state index contributed by atoms with van der Waals surface area (Å²) < 4.78 is 10.6. The molecule has 0 bridgehead atoms. The topological polar surface area (TPSA) is 76.2 Å². The van der Waals surface area contributed by atoms with Crippen molar-refractivity contribution in [1.29, 1.82) is 0 Å². The highest BCUT2D eigenvalue weighted by Crippen LogP contribution is 2.24. The molecule has 0 saturated carbocycles. The second kappa shape index (κ2) is 8.69. The summed E-state index contributed by atoms with van der Waals surface area (Å²) in [6, 6.07) is 22.6. The lowest BCUT2D eigenvalue weighted by Gasteiger charge is -2.18. The molecule has 0 saturated heterocycles. The van der Waals surface area contributed by atoms with Crippen LogP contribution in [0.4, 0.5) is 0 Å². The minimum absolute atomic E-state index is 0.228. The smallest absolute Gasteiger partial charge is 0.252 e. The van der Waals surface area contributed by atoms with E-state index in [1.54, 1.807) is 32.4 Å². The third kappa shape index (κ3) is 4.27. The summed E-state index contributed by atoms with van der Waals surface area (Å²) in [6.45, 7) is 0. The van der Waals surface area contributed by atoms with Crippen LogP contribution in [0.2, 0.25) is 0 Å². The lowest BCUT2D eigenvalue weighted by molar-refractivity contribution is 0.0934. The van der Waals surface area contributed by atoms with Gasteiger partial charge >= 0.3 is 0 Å². The number of carbonyl (C=O) groups is 1. The van der Waals surface area contributed by atoms with Crippen molar-refractivity contribution < 1.29 is 14.3 Å². The Bertz CT molecular complexity index is 1100. The molecule has 30 heavy (non-hydrogen) atoms. The summed E-state index contributed by atoms with van der Waals surface area (Å²) in [7, 11) is 3.12. The Hall–Kier alpha value is -3.80. The molecule has 0 aliphatic rings. The number of carbonyl (C=O) groups excluding carboxylic acids is 1. The molecule has 0 radical (unpaired) electrons. The fourth-order valence-electron chi connectivity index (χ4n) is 3.38. The van der Waals surface area contributed by atoms with Gasteiger partial charge in [0.15, 0.2) is 0 Å². The first-order valence-corrected chi connectivity index (χ1v) is 9.69. The monoisotopic (exact) mass is 401 g/mol. The SMILES string of the molecule is COc1cc(OC)cc(C(=O)N[C@@H](Cc2ccccc2)c2nc3ccccc3[nH]2)c1. The zero-order valence-corrected chi connectivity index (χ0v) is 16.9. The maximum Gasteiger partial charge on any atom is 0.252 e. The first-order valence-electron chi connectivity index (χ1n) is 9.69. The Labute approximate surface area is 174 Å². The summed E-state index contributed by atoms with van der Waals surface area (Å²) in [5.41, 5.74) is 3.36. The van der Waals surface area contributed by atoms with Crippen molar-refractivity contribution in [2.45, 2.75) is 12.5 Å². The van der Waals surface area contributed by atoms with E-state index in [1.165, 1.54) is 0 Å². The van der Waals surface area contributed by atoms with Gasteiger partial charge < -0.3 is 19.8 Å². The van der Waals surface area contributed by atoms with Crippen LogP contribution in [0.15, 0.2) is 72.8 Å². The van der Waals surface area contributed by atoms with Gasteiger partial charge in [-0.2, -0.15) is 0 Å². The van der Waals surface area contributed by atoms with Gasteiger partial charge in [0, 0.05) is 11.6 Å². The molecule has 1 heterocycles. The molecule has 0 aliphatic heterocycles. The van der Waals surface area contributed by atoms with Gasteiger partial charge in [-0.3, -0.25) is 4.79 Å². The van der Waals surface area contributed by atoms with Crippen LogP contribution in [-0.4, -0.2) is 30.1 Å². The minimum atomic E-state index is -0.329. The number of aromatic amines is 1. The highest BCUT2D eigenvalue weighted by Gasteiger charge is 2.21. The van der Waals surface area contributed by atoms with Crippen LogP contribution in [0.1, 0.15) is 27.8 Å². The standard InChI is InChI=1S/C24H23N3O3/c1-29-18-13-17(14-19(15-18)30-2)24(28)27-22(12-16-8-4-3-5-9-16)23-25-20-10-6-7-11-21(20)26-23/h3-11,13-15,22H,12H2,1-2H3,(H,25,26)(H,27,28)/t22-/m0/s1. The Morgan fingerprint density at radius 1 is 0.967 bits per heavy atom. The Kier molecular flexibility index (Phi) is 5.66. The van der Waals surface area contributed by atoms with Gasteiger partial charge in [-0.1, -0.05) is 42.5 Å². The van der Waals surface area contributed by atoms with Crippen molar-refractivity contribution in [2.75, 3.05) is 14.2 Å². The molecule has 4 aromatic rings. The lowest BCUT2D eigenvalue weighted by atomic mass is 10.0. The highest BCUT2D eigenvalue weighted by molar-refractivity contribution is 5.95. The number of ether oxygens (including phenoxy) is 2. The number of amides is 1. The highest BCUT2D eigenvalue weighted by atomic mass is 16.5. The summed E-state index contributed by atoms with van der Waals surface area (Å²) in [5, 5.41) is 3.12. The van der Waals surface area contributed by atoms with Crippen molar-refractivity contribution in [1.82, 2.24) is 15.3 Å².